The lowest BCUT2D eigenvalue weighted by Gasteiger charge is -2.43. The van der Waals surface area contributed by atoms with Crippen LogP contribution in [-0.4, -0.2) is 82.4 Å². The molecule has 2 aliphatic heterocycles. The second-order valence-corrected chi connectivity index (χ2v) is 12.8. The van der Waals surface area contributed by atoms with Gasteiger partial charge in [0.1, 0.15) is 11.7 Å². The summed E-state index contributed by atoms with van der Waals surface area (Å²) in [5.41, 5.74) is 4.13. The molecule has 9 nitrogen and oxygen atoms in total. The molecule has 0 saturated carbocycles. The van der Waals surface area contributed by atoms with Gasteiger partial charge in [-0.1, -0.05) is 32.8 Å². The molecule has 5 rings (SSSR count). The minimum Gasteiger partial charge on any atom is -0.372 e. The van der Waals surface area contributed by atoms with E-state index in [2.05, 4.69) is 75.9 Å². The number of aryl methyl sites for hydroxylation is 1. The summed E-state index contributed by atoms with van der Waals surface area (Å²) in [4.78, 5) is 35.2. The SMILES string of the molecule is Cc1ccc(N(C)C(C)C)c(C(=O)N2CCN(C(C)(C)c3cn(C4CCN(c5ccc(Br)cc5)C4=O)nn3)CC2)c1. The summed E-state index contributed by atoms with van der Waals surface area (Å²) in [6.45, 7) is 13.9. The highest BCUT2D eigenvalue weighted by Crippen LogP contribution is 2.32. The van der Waals surface area contributed by atoms with E-state index in [-0.39, 0.29) is 17.9 Å². The van der Waals surface area contributed by atoms with Crippen LogP contribution >= 0.6 is 15.9 Å². The molecule has 1 unspecified atom stereocenters. The predicted octanol–water partition coefficient (Wildman–Crippen LogP) is 4.86. The molecule has 41 heavy (non-hydrogen) atoms. The first-order chi connectivity index (χ1) is 19.5. The molecule has 2 amide bonds. The molecular weight excluding hydrogens is 582 g/mol. The van der Waals surface area contributed by atoms with Crippen LogP contribution in [0.15, 0.2) is 53.1 Å². The molecule has 3 aromatic rings. The van der Waals surface area contributed by atoms with E-state index in [0.29, 0.717) is 32.1 Å². The zero-order valence-electron chi connectivity index (χ0n) is 24.8. The Morgan fingerprint density at radius 2 is 1.73 bits per heavy atom. The minimum atomic E-state index is -0.396. The number of anilines is 2. The number of rotatable bonds is 7. The number of carbonyl (C=O) groups is 2. The van der Waals surface area contributed by atoms with Gasteiger partial charge in [0.2, 0.25) is 0 Å². The summed E-state index contributed by atoms with van der Waals surface area (Å²) in [6.07, 6.45) is 2.61. The summed E-state index contributed by atoms with van der Waals surface area (Å²) < 4.78 is 2.71. The van der Waals surface area contributed by atoms with Crippen LogP contribution < -0.4 is 9.80 Å². The summed E-state index contributed by atoms with van der Waals surface area (Å²) in [5.74, 6) is 0.113. The zero-order chi connectivity index (χ0) is 29.5. The van der Waals surface area contributed by atoms with Crippen molar-refractivity contribution in [1.29, 1.82) is 0 Å². The van der Waals surface area contributed by atoms with E-state index in [0.717, 1.165) is 45.8 Å². The van der Waals surface area contributed by atoms with Crippen molar-refractivity contribution in [2.45, 2.75) is 58.7 Å². The fraction of sp³-hybridized carbons (Fsp3) is 0.484. The Morgan fingerprint density at radius 3 is 2.39 bits per heavy atom. The Labute approximate surface area is 251 Å². The average molecular weight is 623 g/mol. The third-order valence-electron chi connectivity index (χ3n) is 8.67. The fourth-order valence-corrected chi connectivity index (χ4v) is 5.97. The fourth-order valence-electron chi connectivity index (χ4n) is 5.70. The van der Waals surface area contributed by atoms with Crippen LogP contribution in [0.4, 0.5) is 11.4 Å². The first kappa shape index (κ1) is 29.3. The van der Waals surface area contributed by atoms with E-state index in [9.17, 15) is 9.59 Å². The number of amides is 2. The molecule has 1 aromatic heterocycles. The van der Waals surface area contributed by atoms with E-state index < -0.39 is 5.54 Å². The summed E-state index contributed by atoms with van der Waals surface area (Å²) in [7, 11) is 2.04. The third kappa shape index (κ3) is 5.77. The highest BCUT2D eigenvalue weighted by molar-refractivity contribution is 9.10. The second-order valence-electron chi connectivity index (χ2n) is 11.9. The van der Waals surface area contributed by atoms with Crippen LogP contribution in [-0.2, 0) is 10.3 Å². The first-order valence-corrected chi connectivity index (χ1v) is 15.1. The summed E-state index contributed by atoms with van der Waals surface area (Å²) in [6, 6.07) is 13.9. The number of halogens is 1. The van der Waals surface area contributed by atoms with Crippen molar-refractivity contribution in [1.82, 2.24) is 24.8 Å². The van der Waals surface area contributed by atoms with Crippen LogP contribution in [0.1, 0.15) is 61.8 Å². The van der Waals surface area contributed by atoms with E-state index in [1.807, 2.05) is 60.3 Å². The van der Waals surface area contributed by atoms with Crippen molar-refractivity contribution < 1.29 is 9.59 Å². The van der Waals surface area contributed by atoms with Crippen molar-refractivity contribution in [3.63, 3.8) is 0 Å². The molecule has 218 valence electrons. The largest absolute Gasteiger partial charge is 0.372 e. The van der Waals surface area contributed by atoms with Crippen molar-refractivity contribution in [3.05, 3.63) is 70.0 Å². The molecule has 0 spiro atoms. The number of aromatic nitrogens is 3. The maximum absolute atomic E-state index is 13.7. The number of hydrogen-bond acceptors (Lipinski definition) is 6. The van der Waals surface area contributed by atoms with Gasteiger partial charge in [-0.15, -0.1) is 5.10 Å². The molecule has 10 heteroatoms. The monoisotopic (exact) mass is 621 g/mol. The van der Waals surface area contributed by atoms with Crippen LogP contribution in [0.2, 0.25) is 0 Å². The molecule has 0 aliphatic carbocycles. The Hall–Kier alpha value is -3.24. The lowest BCUT2D eigenvalue weighted by atomic mass is 9.97. The molecule has 2 aromatic carbocycles. The Morgan fingerprint density at radius 1 is 1.05 bits per heavy atom. The third-order valence-corrected chi connectivity index (χ3v) is 9.20. The van der Waals surface area contributed by atoms with Gasteiger partial charge < -0.3 is 14.7 Å². The Kier molecular flexibility index (Phi) is 8.25. The minimum absolute atomic E-state index is 0.0346. The standard InChI is InChI=1S/C31H40BrN7O2/c1-21(2)35(6)26-12-7-22(3)19-25(26)29(40)36-15-17-37(18-16-36)31(4,5)28-20-39(34-33-28)27-13-14-38(30(27)41)24-10-8-23(32)9-11-24/h7-12,19-21,27H,13-18H2,1-6H3. The summed E-state index contributed by atoms with van der Waals surface area (Å²) in [5, 5.41) is 8.92. The molecule has 1 atom stereocenters. The number of nitrogens with zero attached hydrogens (tertiary/aromatic N) is 7. The molecule has 0 radical (unpaired) electrons. The lowest BCUT2D eigenvalue weighted by Crippen LogP contribution is -2.54. The van der Waals surface area contributed by atoms with Gasteiger partial charge in [-0.2, -0.15) is 0 Å². The van der Waals surface area contributed by atoms with Gasteiger partial charge >= 0.3 is 0 Å². The van der Waals surface area contributed by atoms with E-state index in [1.165, 1.54) is 0 Å². The maximum atomic E-state index is 13.7. The zero-order valence-corrected chi connectivity index (χ0v) is 26.4. The van der Waals surface area contributed by atoms with Crippen molar-refractivity contribution in [2.75, 3.05) is 49.6 Å². The van der Waals surface area contributed by atoms with E-state index in [1.54, 1.807) is 4.68 Å². The van der Waals surface area contributed by atoms with Gasteiger partial charge in [0, 0.05) is 61.7 Å². The number of benzene rings is 2. The van der Waals surface area contributed by atoms with Gasteiger partial charge in [-0.25, -0.2) is 4.68 Å². The van der Waals surface area contributed by atoms with Crippen LogP contribution in [0.3, 0.4) is 0 Å². The van der Waals surface area contributed by atoms with Crippen LogP contribution in [0.25, 0.3) is 0 Å². The van der Waals surface area contributed by atoms with Gasteiger partial charge in [0.25, 0.3) is 11.8 Å². The van der Waals surface area contributed by atoms with Crippen molar-refractivity contribution in [3.8, 4) is 0 Å². The number of piperazine rings is 1. The number of carbonyl (C=O) groups excluding carboxylic acids is 2. The van der Waals surface area contributed by atoms with E-state index in [4.69, 9.17) is 0 Å². The van der Waals surface area contributed by atoms with E-state index >= 15 is 0 Å². The molecule has 0 bridgehead atoms. The van der Waals surface area contributed by atoms with Crippen molar-refractivity contribution in [2.24, 2.45) is 0 Å². The highest BCUT2D eigenvalue weighted by atomic mass is 79.9. The molecular formula is C31H40BrN7O2. The lowest BCUT2D eigenvalue weighted by molar-refractivity contribution is -0.120. The Bertz CT molecular complexity index is 1410. The molecule has 2 saturated heterocycles. The normalized spacial score (nSPS) is 18.4. The molecule has 0 N–H and O–H groups in total. The van der Waals surface area contributed by atoms with Gasteiger partial charge in [0.15, 0.2) is 0 Å². The maximum Gasteiger partial charge on any atom is 0.256 e. The predicted molar refractivity (Wildman–Crippen MR) is 165 cm³/mol. The second kappa shape index (κ2) is 11.6. The van der Waals surface area contributed by atoms with Crippen LogP contribution in [0, 0.1) is 6.92 Å². The smallest absolute Gasteiger partial charge is 0.256 e. The van der Waals surface area contributed by atoms with Gasteiger partial charge in [0.05, 0.1) is 17.3 Å². The average Bonchev–Trinajstić information content (AvgIpc) is 3.60. The van der Waals surface area contributed by atoms with Crippen LogP contribution in [0.5, 0.6) is 0 Å². The highest BCUT2D eigenvalue weighted by Gasteiger charge is 2.38. The molecule has 2 fully saturated rings. The van der Waals surface area contributed by atoms with Gasteiger partial charge in [-0.3, -0.25) is 14.5 Å². The molecule has 3 heterocycles. The Balaban J connectivity index is 1.25. The topological polar surface area (TPSA) is 77.8 Å². The van der Waals surface area contributed by atoms with Gasteiger partial charge in [-0.05, 0) is 77.4 Å². The molecule has 2 aliphatic rings. The quantitative estimate of drug-likeness (QED) is 0.375. The number of hydrogen-bond donors (Lipinski definition) is 0. The van der Waals surface area contributed by atoms with Crippen molar-refractivity contribution >= 4 is 39.1 Å². The summed E-state index contributed by atoms with van der Waals surface area (Å²) >= 11 is 3.46. The first-order valence-electron chi connectivity index (χ1n) is 14.3.